The van der Waals surface area contributed by atoms with Gasteiger partial charge < -0.3 is 5.32 Å². The van der Waals surface area contributed by atoms with Crippen molar-refractivity contribution in [3.8, 4) is 0 Å². The van der Waals surface area contributed by atoms with Crippen molar-refractivity contribution in [2.45, 2.75) is 6.54 Å². The van der Waals surface area contributed by atoms with Crippen molar-refractivity contribution >= 4 is 33.4 Å². The van der Waals surface area contributed by atoms with Crippen LogP contribution < -0.4 is 5.32 Å². The Kier molecular flexibility index (Phi) is 4.28. The molecule has 0 bridgehead atoms. The lowest BCUT2D eigenvalue weighted by molar-refractivity contribution is 0.0945. The first-order valence-electron chi connectivity index (χ1n) is 5.17. The number of rotatable bonds is 3. The molecule has 0 atom stereocenters. The highest BCUT2D eigenvalue weighted by atomic mass is 79.9. The number of nitrogens with one attached hydrogen (secondary N) is 1. The molecule has 0 spiro atoms. The maximum atomic E-state index is 11.8. The number of carbonyl (C=O) groups excluding carboxylic acids is 1. The van der Waals surface area contributed by atoms with Crippen LogP contribution in [0.4, 0.5) is 0 Å². The highest BCUT2D eigenvalue weighted by Crippen LogP contribution is 2.15. The average Bonchev–Trinajstić information content (AvgIpc) is 2.38. The van der Waals surface area contributed by atoms with Gasteiger partial charge in [0.25, 0.3) is 5.91 Å². The van der Waals surface area contributed by atoms with Gasteiger partial charge in [0.2, 0.25) is 0 Å². The Hall–Kier alpha value is -1.46. The summed E-state index contributed by atoms with van der Waals surface area (Å²) in [5, 5.41) is 10.3. The van der Waals surface area contributed by atoms with Crippen LogP contribution in [-0.4, -0.2) is 16.1 Å². The van der Waals surface area contributed by atoms with Crippen LogP contribution in [0, 0.1) is 0 Å². The SMILES string of the molecule is O=C(NCc1ccccc1Br)c1ccc(Cl)nn1. The Morgan fingerprint density at radius 3 is 2.67 bits per heavy atom. The molecule has 0 saturated heterocycles. The second-order valence-electron chi connectivity index (χ2n) is 3.52. The van der Waals surface area contributed by atoms with Gasteiger partial charge >= 0.3 is 0 Å². The van der Waals surface area contributed by atoms with Crippen LogP contribution in [0.2, 0.25) is 5.15 Å². The van der Waals surface area contributed by atoms with Gasteiger partial charge in [0, 0.05) is 11.0 Å². The summed E-state index contributed by atoms with van der Waals surface area (Å²) in [7, 11) is 0. The molecule has 0 aliphatic heterocycles. The van der Waals surface area contributed by atoms with Gasteiger partial charge in [-0.1, -0.05) is 45.7 Å². The Morgan fingerprint density at radius 2 is 2.00 bits per heavy atom. The summed E-state index contributed by atoms with van der Waals surface area (Å²) in [4.78, 5) is 11.8. The second-order valence-corrected chi connectivity index (χ2v) is 4.76. The van der Waals surface area contributed by atoms with Crippen LogP contribution in [0.25, 0.3) is 0 Å². The largest absolute Gasteiger partial charge is 0.347 e. The van der Waals surface area contributed by atoms with E-state index in [9.17, 15) is 4.79 Å². The molecule has 0 radical (unpaired) electrons. The lowest BCUT2D eigenvalue weighted by Crippen LogP contribution is -2.24. The van der Waals surface area contributed by atoms with Crippen molar-refractivity contribution in [2.75, 3.05) is 0 Å². The average molecular weight is 327 g/mol. The predicted octanol–water partition coefficient (Wildman–Crippen LogP) is 2.82. The third-order valence-corrected chi connectivity index (χ3v) is 3.24. The maximum Gasteiger partial charge on any atom is 0.272 e. The summed E-state index contributed by atoms with van der Waals surface area (Å²) < 4.78 is 0.951. The summed E-state index contributed by atoms with van der Waals surface area (Å²) in [5.74, 6) is -0.282. The van der Waals surface area contributed by atoms with Crippen LogP contribution in [-0.2, 0) is 6.54 Å². The minimum atomic E-state index is -0.282. The third-order valence-electron chi connectivity index (χ3n) is 2.26. The van der Waals surface area contributed by atoms with E-state index in [0.29, 0.717) is 6.54 Å². The van der Waals surface area contributed by atoms with Crippen LogP contribution in [0.3, 0.4) is 0 Å². The van der Waals surface area contributed by atoms with Gasteiger partial charge in [0.1, 0.15) is 0 Å². The summed E-state index contributed by atoms with van der Waals surface area (Å²) in [5.41, 5.74) is 1.24. The molecule has 1 N–H and O–H groups in total. The van der Waals surface area contributed by atoms with E-state index in [1.165, 1.54) is 12.1 Å². The minimum Gasteiger partial charge on any atom is -0.347 e. The first-order valence-corrected chi connectivity index (χ1v) is 6.35. The van der Waals surface area contributed by atoms with Crippen molar-refractivity contribution in [2.24, 2.45) is 0 Å². The molecule has 1 heterocycles. The number of hydrogen-bond donors (Lipinski definition) is 1. The van der Waals surface area contributed by atoms with E-state index in [-0.39, 0.29) is 16.8 Å². The Labute approximate surface area is 118 Å². The molecule has 4 nitrogen and oxygen atoms in total. The van der Waals surface area contributed by atoms with Gasteiger partial charge in [-0.05, 0) is 23.8 Å². The quantitative estimate of drug-likeness (QED) is 0.943. The number of halogens is 2. The summed E-state index contributed by atoms with van der Waals surface area (Å²) in [6, 6.07) is 10.7. The summed E-state index contributed by atoms with van der Waals surface area (Å²) in [6.07, 6.45) is 0. The molecular weight excluding hydrogens is 318 g/mol. The Bertz CT molecular complexity index is 560. The van der Waals surface area contributed by atoms with E-state index in [1.54, 1.807) is 0 Å². The van der Waals surface area contributed by atoms with Gasteiger partial charge in [0.15, 0.2) is 10.8 Å². The second kappa shape index (κ2) is 5.93. The molecule has 18 heavy (non-hydrogen) atoms. The van der Waals surface area contributed by atoms with E-state index in [4.69, 9.17) is 11.6 Å². The van der Waals surface area contributed by atoms with Crippen LogP contribution >= 0.6 is 27.5 Å². The zero-order chi connectivity index (χ0) is 13.0. The standard InChI is InChI=1S/C12H9BrClN3O/c13-9-4-2-1-3-8(9)7-15-12(18)10-5-6-11(14)17-16-10/h1-6H,7H2,(H,15,18). The fourth-order valence-electron chi connectivity index (χ4n) is 1.34. The molecule has 1 aromatic heterocycles. The zero-order valence-corrected chi connectivity index (χ0v) is 11.6. The predicted molar refractivity (Wildman–Crippen MR) is 72.4 cm³/mol. The van der Waals surface area contributed by atoms with Gasteiger partial charge in [-0.15, -0.1) is 10.2 Å². The normalized spacial score (nSPS) is 10.1. The van der Waals surface area contributed by atoms with Crippen LogP contribution in [0.1, 0.15) is 16.1 Å². The number of aromatic nitrogens is 2. The van der Waals surface area contributed by atoms with Crippen molar-refractivity contribution < 1.29 is 4.79 Å². The number of hydrogen-bond acceptors (Lipinski definition) is 3. The molecule has 0 saturated carbocycles. The highest BCUT2D eigenvalue weighted by Gasteiger charge is 2.08. The molecule has 0 aliphatic rings. The van der Waals surface area contributed by atoms with Gasteiger partial charge in [-0.2, -0.15) is 0 Å². The maximum absolute atomic E-state index is 11.8. The van der Waals surface area contributed by atoms with Crippen molar-refractivity contribution in [3.05, 3.63) is 57.3 Å². The Balaban J connectivity index is 2.01. The molecule has 1 aromatic carbocycles. The van der Waals surface area contributed by atoms with Crippen molar-refractivity contribution in [3.63, 3.8) is 0 Å². The zero-order valence-electron chi connectivity index (χ0n) is 9.23. The van der Waals surface area contributed by atoms with Crippen molar-refractivity contribution in [1.29, 1.82) is 0 Å². The number of carbonyl (C=O) groups is 1. The molecule has 0 fully saturated rings. The Morgan fingerprint density at radius 1 is 1.22 bits per heavy atom. The molecule has 92 valence electrons. The van der Waals surface area contributed by atoms with Crippen molar-refractivity contribution in [1.82, 2.24) is 15.5 Å². The molecule has 1 amide bonds. The topological polar surface area (TPSA) is 54.9 Å². The monoisotopic (exact) mass is 325 g/mol. The number of benzene rings is 1. The van der Waals surface area contributed by atoms with Gasteiger partial charge in [-0.25, -0.2) is 0 Å². The van der Waals surface area contributed by atoms with E-state index < -0.39 is 0 Å². The van der Waals surface area contributed by atoms with Gasteiger partial charge in [0.05, 0.1) is 0 Å². The lowest BCUT2D eigenvalue weighted by atomic mass is 10.2. The van der Waals surface area contributed by atoms with Crippen LogP contribution in [0.15, 0.2) is 40.9 Å². The highest BCUT2D eigenvalue weighted by molar-refractivity contribution is 9.10. The number of nitrogens with zero attached hydrogens (tertiary/aromatic N) is 2. The molecule has 6 heteroatoms. The molecule has 2 rings (SSSR count). The van der Waals surface area contributed by atoms with E-state index >= 15 is 0 Å². The summed E-state index contributed by atoms with van der Waals surface area (Å²) in [6.45, 7) is 0.421. The smallest absolute Gasteiger partial charge is 0.272 e. The molecule has 0 unspecified atom stereocenters. The number of amides is 1. The fourth-order valence-corrected chi connectivity index (χ4v) is 1.87. The third kappa shape index (κ3) is 3.27. The van der Waals surface area contributed by atoms with Gasteiger partial charge in [-0.3, -0.25) is 4.79 Å². The summed E-state index contributed by atoms with van der Waals surface area (Å²) >= 11 is 9.01. The van der Waals surface area contributed by atoms with E-state index in [0.717, 1.165) is 10.0 Å². The van der Waals surface area contributed by atoms with Crippen LogP contribution in [0.5, 0.6) is 0 Å². The first kappa shape index (κ1) is 13.0. The first-order chi connectivity index (χ1) is 8.66. The lowest BCUT2D eigenvalue weighted by Gasteiger charge is -2.06. The van der Waals surface area contributed by atoms with E-state index in [1.807, 2.05) is 24.3 Å². The fraction of sp³-hybridized carbons (Fsp3) is 0.0833. The molecular formula is C12H9BrClN3O. The molecule has 0 aliphatic carbocycles. The molecule has 2 aromatic rings. The minimum absolute atomic E-state index is 0.242. The van der Waals surface area contributed by atoms with E-state index in [2.05, 4.69) is 31.4 Å².